The van der Waals surface area contributed by atoms with Crippen LogP contribution in [-0.4, -0.2) is 50.8 Å². The third kappa shape index (κ3) is 5.53. The van der Waals surface area contributed by atoms with E-state index in [9.17, 15) is 18.0 Å². The number of carbonyl (C=O) groups excluding carboxylic acids is 2. The Morgan fingerprint density at radius 1 is 0.971 bits per heavy atom. The van der Waals surface area contributed by atoms with E-state index in [1.54, 1.807) is 53.4 Å². The minimum Gasteiger partial charge on any atom is -0.343 e. The van der Waals surface area contributed by atoms with Crippen LogP contribution in [0.25, 0.3) is 10.8 Å². The van der Waals surface area contributed by atoms with Crippen LogP contribution in [0.5, 0.6) is 0 Å². The molecule has 2 amide bonds. The van der Waals surface area contributed by atoms with E-state index in [0.717, 1.165) is 5.56 Å². The van der Waals surface area contributed by atoms with Crippen LogP contribution >= 0.6 is 0 Å². The number of aryl methyl sites for hydroxylation is 1. The molecule has 1 aliphatic heterocycles. The van der Waals surface area contributed by atoms with Gasteiger partial charge >= 0.3 is 0 Å². The van der Waals surface area contributed by atoms with Gasteiger partial charge in [0.05, 0.1) is 4.90 Å². The first kappa shape index (κ1) is 24.8. The maximum atomic E-state index is 13.3. The Bertz CT molecular complexity index is 1350. The summed E-state index contributed by atoms with van der Waals surface area (Å²) in [5.74, 6) is -0.249. The molecule has 0 aliphatic carbocycles. The molecule has 9 heteroatoms. The zero-order valence-corrected chi connectivity index (χ0v) is 20.5. The van der Waals surface area contributed by atoms with Crippen molar-refractivity contribution in [3.8, 4) is 0 Å². The number of nitrogens with one attached hydrogen (secondary N) is 2. The molecule has 0 bridgehead atoms. The predicted molar refractivity (Wildman–Crippen MR) is 137 cm³/mol. The van der Waals surface area contributed by atoms with E-state index in [1.807, 2.05) is 19.1 Å². The Hall–Kier alpha value is -3.27. The number of likely N-dealkylation sites (tertiary alicyclic amines) is 1. The number of hydrogen-bond acceptors (Lipinski definition) is 5. The molecule has 0 radical (unpaired) electrons. The zero-order valence-electron chi connectivity index (χ0n) is 19.7. The van der Waals surface area contributed by atoms with E-state index in [0.29, 0.717) is 60.9 Å². The van der Waals surface area contributed by atoms with Gasteiger partial charge < -0.3 is 16.0 Å². The average molecular weight is 495 g/mol. The molecule has 35 heavy (non-hydrogen) atoms. The fraction of sp³-hybridized carbons (Fsp3) is 0.308. The van der Waals surface area contributed by atoms with Gasteiger partial charge in [-0.15, -0.1) is 0 Å². The number of benzene rings is 3. The molecule has 184 valence electrons. The molecule has 1 aliphatic rings. The van der Waals surface area contributed by atoms with Gasteiger partial charge in [-0.1, -0.05) is 42.5 Å². The van der Waals surface area contributed by atoms with Crippen molar-refractivity contribution in [3.63, 3.8) is 0 Å². The molecular formula is C26H30N4O4S. The van der Waals surface area contributed by atoms with E-state index >= 15 is 0 Å². The highest BCUT2D eigenvalue weighted by Crippen LogP contribution is 2.30. The standard InChI is InChI=1S/C26H30N4O4S/c1-18-6-2-3-7-20(18)26(32)28-23-10-4-9-22-21(23)8-5-11-24(22)35(33,34)29-19-13-16-30(17-14-19)25(31)12-15-27/h2-11,19,29H,12-17,27H2,1H3,(H,28,32). The molecule has 1 fully saturated rings. The van der Waals surface area contributed by atoms with Gasteiger partial charge in [0.2, 0.25) is 15.9 Å². The summed E-state index contributed by atoms with van der Waals surface area (Å²) in [4.78, 5) is 26.8. The largest absolute Gasteiger partial charge is 0.343 e. The van der Waals surface area contributed by atoms with Gasteiger partial charge in [-0.2, -0.15) is 0 Å². The number of carbonyl (C=O) groups is 2. The molecule has 3 aromatic rings. The van der Waals surface area contributed by atoms with Gasteiger partial charge in [-0.3, -0.25) is 9.59 Å². The van der Waals surface area contributed by atoms with Crippen molar-refractivity contribution in [2.45, 2.75) is 37.1 Å². The smallest absolute Gasteiger partial charge is 0.255 e. The normalized spacial score (nSPS) is 14.7. The third-order valence-corrected chi connectivity index (χ3v) is 7.92. The number of nitrogens with two attached hydrogens (primary N) is 1. The Morgan fingerprint density at radius 3 is 2.37 bits per heavy atom. The SMILES string of the molecule is Cc1ccccc1C(=O)Nc1cccc2c(S(=O)(=O)NC3CCN(C(=O)CCN)CC3)cccc12. The molecule has 4 rings (SSSR count). The first-order chi connectivity index (χ1) is 16.8. The Kier molecular flexibility index (Phi) is 7.49. The minimum atomic E-state index is -3.82. The van der Waals surface area contributed by atoms with Crippen LogP contribution in [0.15, 0.2) is 65.6 Å². The molecule has 0 aromatic heterocycles. The van der Waals surface area contributed by atoms with Crippen molar-refractivity contribution in [2.75, 3.05) is 25.0 Å². The molecule has 0 unspecified atom stereocenters. The maximum Gasteiger partial charge on any atom is 0.255 e. The van der Waals surface area contributed by atoms with Crippen molar-refractivity contribution in [2.24, 2.45) is 5.73 Å². The van der Waals surface area contributed by atoms with Gasteiger partial charge in [0.15, 0.2) is 0 Å². The molecule has 1 saturated heterocycles. The summed E-state index contributed by atoms with van der Waals surface area (Å²) >= 11 is 0. The first-order valence-electron chi connectivity index (χ1n) is 11.7. The van der Waals surface area contributed by atoms with E-state index < -0.39 is 10.0 Å². The molecule has 8 nitrogen and oxygen atoms in total. The summed E-state index contributed by atoms with van der Waals surface area (Å²) in [6, 6.07) is 17.3. The van der Waals surface area contributed by atoms with Crippen molar-refractivity contribution in [1.82, 2.24) is 9.62 Å². The highest BCUT2D eigenvalue weighted by Gasteiger charge is 2.27. The van der Waals surface area contributed by atoms with Crippen molar-refractivity contribution < 1.29 is 18.0 Å². The monoisotopic (exact) mass is 494 g/mol. The molecule has 0 spiro atoms. The fourth-order valence-corrected chi connectivity index (χ4v) is 5.98. The highest BCUT2D eigenvalue weighted by atomic mass is 32.2. The number of hydrogen-bond donors (Lipinski definition) is 3. The summed E-state index contributed by atoms with van der Waals surface area (Å²) in [6.45, 7) is 3.17. The van der Waals surface area contributed by atoms with Gasteiger partial charge in [0.25, 0.3) is 5.91 Å². The van der Waals surface area contributed by atoms with Crippen molar-refractivity contribution in [3.05, 3.63) is 71.8 Å². The van der Waals surface area contributed by atoms with Crippen LogP contribution in [-0.2, 0) is 14.8 Å². The quantitative estimate of drug-likeness (QED) is 0.466. The number of sulfonamides is 1. The summed E-state index contributed by atoms with van der Waals surface area (Å²) in [5.41, 5.74) is 7.43. The highest BCUT2D eigenvalue weighted by molar-refractivity contribution is 7.89. The lowest BCUT2D eigenvalue weighted by Crippen LogP contribution is -2.46. The number of rotatable bonds is 7. The lowest BCUT2D eigenvalue weighted by atomic mass is 10.1. The van der Waals surface area contributed by atoms with E-state index in [4.69, 9.17) is 5.73 Å². The van der Waals surface area contributed by atoms with Gasteiger partial charge in [0.1, 0.15) is 0 Å². The molecule has 4 N–H and O–H groups in total. The molecule has 0 atom stereocenters. The lowest BCUT2D eigenvalue weighted by Gasteiger charge is -2.32. The number of piperidine rings is 1. The van der Waals surface area contributed by atoms with Gasteiger partial charge in [-0.25, -0.2) is 13.1 Å². The van der Waals surface area contributed by atoms with Gasteiger partial charge in [0, 0.05) is 54.1 Å². The minimum absolute atomic E-state index is 0.00290. The second-order valence-electron chi connectivity index (χ2n) is 8.74. The topological polar surface area (TPSA) is 122 Å². The number of fused-ring (bicyclic) bond motifs is 1. The number of anilines is 1. The molecular weight excluding hydrogens is 464 g/mol. The maximum absolute atomic E-state index is 13.3. The summed E-state index contributed by atoms with van der Waals surface area (Å²) in [7, 11) is -3.82. The summed E-state index contributed by atoms with van der Waals surface area (Å²) in [6.07, 6.45) is 1.38. The van der Waals surface area contributed by atoms with Crippen LogP contribution in [0.3, 0.4) is 0 Å². The second-order valence-corrected chi connectivity index (χ2v) is 10.4. The third-order valence-electron chi connectivity index (χ3n) is 6.34. The Morgan fingerprint density at radius 2 is 1.66 bits per heavy atom. The fourth-order valence-electron chi connectivity index (χ4n) is 4.45. The Balaban J connectivity index is 1.54. The van der Waals surface area contributed by atoms with Crippen LogP contribution in [0.2, 0.25) is 0 Å². The van der Waals surface area contributed by atoms with Crippen LogP contribution in [0, 0.1) is 6.92 Å². The number of amides is 2. The molecule has 0 saturated carbocycles. The van der Waals surface area contributed by atoms with E-state index in [2.05, 4.69) is 10.0 Å². The zero-order chi connectivity index (χ0) is 25.0. The van der Waals surface area contributed by atoms with Crippen LogP contribution in [0.1, 0.15) is 35.2 Å². The van der Waals surface area contributed by atoms with Gasteiger partial charge in [-0.05, 0) is 43.5 Å². The number of nitrogens with zero attached hydrogens (tertiary/aromatic N) is 1. The Labute approximate surface area is 205 Å². The van der Waals surface area contributed by atoms with E-state index in [-0.39, 0.29) is 22.8 Å². The average Bonchev–Trinajstić information content (AvgIpc) is 2.84. The van der Waals surface area contributed by atoms with Crippen LogP contribution < -0.4 is 15.8 Å². The molecule has 1 heterocycles. The summed E-state index contributed by atoms with van der Waals surface area (Å²) < 4.78 is 29.5. The lowest BCUT2D eigenvalue weighted by molar-refractivity contribution is -0.132. The predicted octanol–water partition coefficient (Wildman–Crippen LogP) is 3.02. The van der Waals surface area contributed by atoms with Crippen LogP contribution in [0.4, 0.5) is 5.69 Å². The van der Waals surface area contributed by atoms with Crippen molar-refractivity contribution >= 4 is 38.3 Å². The first-order valence-corrected chi connectivity index (χ1v) is 13.2. The van der Waals surface area contributed by atoms with Crippen molar-refractivity contribution in [1.29, 1.82) is 0 Å². The summed E-state index contributed by atoms with van der Waals surface area (Å²) in [5, 5.41) is 4.09. The molecule has 3 aromatic carbocycles. The van der Waals surface area contributed by atoms with E-state index in [1.165, 1.54) is 0 Å². The second kappa shape index (κ2) is 10.6.